The van der Waals surface area contributed by atoms with E-state index in [1.165, 1.54) is 22.1 Å². The molecule has 2 aliphatic heterocycles. The normalized spacial score (nSPS) is 24.7. The second-order valence-electron chi connectivity index (χ2n) is 8.35. The summed E-state index contributed by atoms with van der Waals surface area (Å²) in [6.07, 6.45) is -3.21. The Morgan fingerprint density at radius 2 is 1.97 bits per heavy atom. The van der Waals surface area contributed by atoms with Crippen LogP contribution in [0.1, 0.15) is 40.9 Å². The molecule has 0 aliphatic carbocycles. The number of hydrogen-bond acceptors (Lipinski definition) is 4. The molecule has 31 heavy (non-hydrogen) atoms. The van der Waals surface area contributed by atoms with Crippen molar-refractivity contribution in [3.05, 3.63) is 69.6 Å². The van der Waals surface area contributed by atoms with Crippen molar-refractivity contribution < 1.29 is 23.1 Å². The summed E-state index contributed by atoms with van der Waals surface area (Å²) in [6, 6.07) is 8.18. The maximum atomic E-state index is 12.9. The van der Waals surface area contributed by atoms with E-state index in [1.54, 1.807) is 0 Å². The smallest absolute Gasteiger partial charge is 0.389 e. The molecule has 0 saturated carbocycles. The highest BCUT2D eigenvalue weighted by atomic mass is 19.4. The van der Waals surface area contributed by atoms with Crippen LogP contribution in [0, 0.1) is 0 Å². The highest BCUT2D eigenvalue weighted by Crippen LogP contribution is 2.33. The van der Waals surface area contributed by atoms with E-state index in [-0.39, 0.29) is 12.1 Å². The van der Waals surface area contributed by atoms with E-state index in [1.807, 2.05) is 24.3 Å². The van der Waals surface area contributed by atoms with Crippen molar-refractivity contribution in [1.82, 2.24) is 14.8 Å². The number of halogens is 3. The molecule has 2 N–H and O–H groups in total. The molecule has 3 atom stereocenters. The van der Waals surface area contributed by atoms with Crippen LogP contribution in [-0.2, 0) is 13.0 Å². The molecule has 2 aliphatic rings. The Morgan fingerprint density at radius 3 is 2.61 bits per heavy atom. The molecule has 1 aromatic heterocycles. The van der Waals surface area contributed by atoms with E-state index in [0.29, 0.717) is 30.5 Å². The third kappa shape index (κ3) is 3.99. The number of likely N-dealkylation sites (tertiary alicyclic amines) is 1. The first-order valence-electron chi connectivity index (χ1n) is 10.2. The molecule has 1 amide bonds. The van der Waals surface area contributed by atoms with Crippen molar-refractivity contribution >= 4 is 5.91 Å². The highest BCUT2D eigenvalue weighted by Gasteiger charge is 2.45. The predicted octanol–water partition coefficient (Wildman–Crippen LogP) is 2.26. The first-order valence-corrected chi connectivity index (χ1v) is 10.2. The summed E-state index contributed by atoms with van der Waals surface area (Å²) >= 11 is 0. The van der Waals surface area contributed by atoms with Crippen LogP contribution in [0.15, 0.2) is 47.4 Å². The number of aliphatic hydroxyl groups excluding tert-OH is 1. The molecule has 3 heterocycles. The number of benzene rings is 1. The first kappa shape index (κ1) is 21.6. The Balaban J connectivity index is 1.48. The third-order valence-electron chi connectivity index (χ3n) is 6.49. The minimum atomic E-state index is -4.56. The maximum Gasteiger partial charge on any atom is 0.408 e. The number of pyridine rings is 1. The van der Waals surface area contributed by atoms with Crippen molar-refractivity contribution in [2.45, 2.75) is 50.2 Å². The molecule has 1 fully saturated rings. The van der Waals surface area contributed by atoms with Crippen LogP contribution < -0.4 is 10.9 Å². The number of carbonyl (C=O) groups is 1. The van der Waals surface area contributed by atoms with Gasteiger partial charge in [0.1, 0.15) is 6.04 Å². The fourth-order valence-electron chi connectivity index (χ4n) is 4.43. The second-order valence-corrected chi connectivity index (χ2v) is 8.35. The average Bonchev–Trinajstić information content (AvgIpc) is 2.74. The van der Waals surface area contributed by atoms with Crippen molar-refractivity contribution in [3.63, 3.8) is 0 Å². The number of piperidine rings is 1. The summed E-state index contributed by atoms with van der Waals surface area (Å²) in [5, 5.41) is 14.3. The number of rotatable bonds is 2. The summed E-state index contributed by atoms with van der Waals surface area (Å²) < 4.78 is 39.3. The summed E-state index contributed by atoms with van der Waals surface area (Å²) in [5.41, 5.74) is 0.947. The van der Waals surface area contributed by atoms with Crippen LogP contribution in [0.25, 0.3) is 0 Å². The average molecular weight is 435 g/mol. The van der Waals surface area contributed by atoms with E-state index in [0.717, 1.165) is 19.2 Å². The molecule has 0 radical (unpaired) electrons. The Bertz CT molecular complexity index is 1050. The lowest BCUT2D eigenvalue weighted by Crippen LogP contribution is -2.65. The number of β-amino-alcohol motifs (C(OH)–C–C–N with tert-alkyl or cyclic N) is 1. The van der Waals surface area contributed by atoms with E-state index in [4.69, 9.17) is 0 Å². The van der Waals surface area contributed by atoms with Gasteiger partial charge in [-0.15, -0.1) is 0 Å². The molecule has 9 heteroatoms. The van der Waals surface area contributed by atoms with Gasteiger partial charge in [-0.2, -0.15) is 13.2 Å². The van der Waals surface area contributed by atoms with Crippen molar-refractivity contribution in [2.24, 2.45) is 0 Å². The minimum Gasteiger partial charge on any atom is -0.389 e. The SMILES string of the molecule is C[C@@H](n1ccc(C(=O)N2CC[C@]3(Cc4ccccc4CN3)[C@H](O)C2)cc1=O)C(F)(F)F. The van der Waals surface area contributed by atoms with Crippen LogP contribution in [-0.4, -0.2) is 51.4 Å². The van der Waals surface area contributed by atoms with Crippen LogP contribution in [0.5, 0.6) is 0 Å². The molecule has 4 rings (SSSR count). The largest absolute Gasteiger partial charge is 0.408 e. The van der Waals surface area contributed by atoms with E-state index in [9.17, 15) is 27.9 Å². The molecule has 0 unspecified atom stereocenters. The lowest BCUT2D eigenvalue weighted by Gasteiger charge is -2.48. The van der Waals surface area contributed by atoms with Gasteiger partial charge in [0.15, 0.2) is 0 Å². The number of fused-ring (bicyclic) bond motifs is 1. The quantitative estimate of drug-likeness (QED) is 0.759. The Labute approximate surface area is 177 Å². The van der Waals surface area contributed by atoms with Crippen LogP contribution in [0.2, 0.25) is 0 Å². The Hall–Kier alpha value is -2.65. The van der Waals surface area contributed by atoms with Crippen LogP contribution in [0.4, 0.5) is 13.2 Å². The van der Waals surface area contributed by atoms with Crippen LogP contribution >= 0.6 is 0 Å². The molecule has 166 valence electrons. The van der Waals surface area contributed by atoms with E-state index >= 15 is 0 Å². The topological polar surface area (TPSA) is 74.6 Å². The molecule has 1 saturated heterocycles. The third-order valence-corrected chi connectivity index (χ3v) is 6.49. The molecule has 1 spiro atoms. The number of amides is 1. The summed E-state index contributed by atoms with van der Waals surface area (Å²) in [6.45, 7) is 1.97. The van der Waals surface area contributed by atoms with Gasteiger partial charge in [-0.05, 0) is 37.0 Å². The second kappa shape index (κ2) is 7.80. The minimum absolute atomic E-state index is 0.0146. The number of hydrogen-bond donors (Lipinski definition) is 2. The molecule has 1 aromatic carbocycles. The molecule has 0 bridgehead atoms. The molecular formula is C22H24F3N3O3. The monoisotopic (exact) mass is 435 g/mol. The standard InChI is InChI=1S/C22H24F3N3O3/c1-14(22(23,24)25)28-8-6-15(10-19(28)30)20(31)27-9-7-21(18(29)13-27)11-16-4-2-3-5-17(16)12-26-21/h2-6,8,10,14,18,26,29H,7,9,11-13H2,1H3/t14-,18-,21+/m1/s1. The fourth-order valence-corrected chi connectivity index (χ4v) is 4.43. The van der Waals surface area contributed by atoms with Gasteiger partial charge in [0.25, 0.3) is 11.5 Å². The summed E-state index contributed by atoms with van der Waals surface area (Å²) in [4.78, 5) is 26.5. The highest BCUT2D eigenvalue weighted by molar-refractivity contribution is 5.94. The number of carbonyl (C=O) groups excluding carboxylic acids is 1. The lowest BCUT2D eigenvalue weighted by molar-refractivity contribution is -0.163. The van der Waals surface area contributed by atoms with Crippen LogP contribution in [0.3, 0.4) is 0 Å². The number of nitrogens with one attached hydrogen (secondary N) is 1. The number of nitrogens with zero attached hydrogens (tertiary/aromatic N) is 2. The number of aliphatic hydroxyl groups is 1. The fraction of sp³-hybridized carbons (Fsp3) is 0.455. The van der Waals surface area contributed by atoms with Crippen molar-refractivity contribution in [3.8, 4) is 0 Å². The Morgan fingerprint density at radius 1 is 1.26 bits per heavy atom. The first-order chi connectivity index (χ1) is 14.6. The van der Waals surface area contributed by atoms with E-state index in [2.05, 4.69) is 5.32 Å². The van der Waals surface area contributed by atoms with Gasteiger partial charge in [0, 0.05) is 37.5 Å². The lowest BCUT2D eigenvalue weighted by atomic mass is 9.76. The zero-order valence-corrected chi connectivity index (χ0v) is 17.0. The zero-order chi connectivity index (χ0) is 22.4. The molecular weight excluding hydrogens is 411 g/mol. The Kier molecular flexibility index (Phi) is 5.43. The predicted molar refractivity (Wildman–Crippen MR) is 108 cm³/mol. The van der Waals surface area contributed by atoms with Gasteiger partial charge in [-0.25, -0.2) is 0 Å². The van der Waals surface area contributed by atoms with Gasteiger partial charge >= 0.3 is 6.18 Å². The number of alkyl halides is 3. The summed E-state index contributed by atoms with van der Waals surface area (Å²) in [7, 11) is 0. The zero-order valence-electron chi connectivity index (χ0n) is 17.0. The van der Waals surface area contributed by atoms with Gasteiger partial charge in [0.05, 0.1) is 11.6 Å². The summed E-state index contributed by atoms with van der Waals surface area (Å²) in [5.74, 6) is -0.478. The van der Waals surface area contributed by atoms with Gasteiger partial charge in [0.2, 0.25) is 0 Å². The van der Waals surface area contributed by atoms with Gasteiger partial charge in [-0.3, -0.25) is 9.59 Å². The van der Waals surface area contributed by atoms with Crippen molar-refractivity contribution in [2.75, 3.05) is 13.1 Å². The van der Waals surface area contributed by atoms with Crippen molar-refractivity contribution in [1.29, 1.82) is 0 Å². The van der Waals surface area contributed by atoms with Gasteiger partial charge < -0.3 is 19.9 Å². The van der Waals surface area contributed by atoms with E-state index < -0.39 is 35.3 Å². The molecule has 6 nitrogen and oxygen atoms in total. The molecule has 2 aromatic rings. The number of aromatic nitrogens is 1. The maximum absolute atomic E-state index is 12.9. The van der Waals surface area contributed by atoms with Gasteiger partial charge in [-0.1, -0.05) is 24.3 Å².